The van der Waals surface area contributed by atoms with Crippen molar-refractivity contribution in [2.45, 2.75) is 52.0 Å². The first-order valence-corrected chi connectivity index (χ1v) is 6.97. The zero-order chi connectivity index (χ0) is 12.3. The highest BCUT2D eigenvalue weighted by Gasteiger charge is 2.24. The molecule has 1 fully saturated rings. The summed E-state index contributed by atoms with van der Waals surface area (Å²) in [6, 6.07) is 7.27. The standard InChI is InChI=1S/C16H25N/c1-12-8-7-11-15(13(12)2)16(17-3)14-9-5-4-6-10-14/h7-8,11,14,16-17H,4-6,9-10H2,1-3H3. The van der Waals surface area contributed by atoms with E-state index in [0.717, 1.165) is 5.92 Å². The molecule has 1 aromatic carbocycles. The van der Waals surface area contributed by atoms with Gasteiger partial charge < -0.3 is 5.32 Å². The van der Waals surface area contributed by atoms with Crippen molar-refractivity contribution in [3.63, 3.8) is 0 Å². The Morgan fingerprint density at radius 1 is 1.12 bits per heavy atom. The molecule has 1 aliphatic rings. The largest absolute Gasteiger partial charge is 0.313 e. The minimum atomic E-state index is 0.551. The summed E-state index contributed by atoms with van der Waals surface area (Å²) in [7, 11) is 2.11. The van der Waals surface area contributed by atoms with Crippen molar-refractivity contribution in [1.29, 1.82) is 0 Å². The second-order valence-corrected chi connectivity index (χ2v) is 5.45. The SMILES string of the molecule is CNC(c1cccc(C)c1C)C1CCCCC1. The number of rotatable bonds is 3. The molecule has 94 valence electrons. The van der Waals surface area contributed by atoms with Crippen LogP contribution in [0.2, 0.25) is 0 Å². The second kappa shape index (κ2) is 5.68. The van der Waals surface area contributed by atoms with Gasteiger partial charge in [-0.3, -0.25) is 0 Å². The topological polar surface area (TPSA) is 12.0 Å². The monoisotopic (exact) mass is 231 g/mol. The van der Waals surface area contributed by atoms with Crippen molar-refractivity contribution in [1.82, 2.24) is 5.32 Å². The summed E-state index contributed by atoms with van der Waals surface area (Å²) >= 11 is 0. The smallest absolute Gasteiger partial charge is 0.0348 e. The van der Waals surface area contributed by atoms with Crippen LogP contribution in [0, 0.1) is 19.8 Å². The molecular weight excluding hydrogens is 206 g/mol. The van der Waals surface area contributed by atoms with Gasteiger partial charge >= 0.3 is 0 Å². The van der Waals surface area contributed by atoms with Crippen molar-refractivity contribution in [2.24, 2.45) is 5.92 Å². The Labute approximate surface area is 106 Å². The molecule has 1 aliphatic carbocycles. The predicted molar refractivity (Wildman–Crippen MR) is 74.3 cm³/mol. The minimum Gasteiger partial charge on any atom is -0.313 e. The lowest BCUT2D eigenvalue weighted by atomic mass is 9.79. The molecule has 0 saturated heterocycles. The van der Waals surface area contributed by atoms with E-state index >= 15 is 0 Å². The lowest BCUT2D eigenvalue weighted by Crippen LogP contribution is -2.27. The molecule has 0 aromatic heterocycles. The highest BCUT2D eigenvalue weighted by atomic mass is 14.9. The van der Waals surface area contributed by atoms with E-state index in [1.165, 1.54) is 48.8 Å². The molecule has 0 amide bonds. The van der Waals surface area contributed by atoms with E-state index in [1.807, 2.05) is 0 Å². The van der Waals surface area contributed by atoms with Gasteiger partial charge in [-0.15, -0.1) is 0 Å². The third kappa shape index (κ3) is 2.71. The summed E-state index contributed by atoms with van der Waals surface area (Å²) in [6.45, 7) is 4.48. The van der Waals surface area contributed by atoms with Crippen LogP contribution in [0.5, 0.6) is 0 Å². The summed E-state index contributed by atoms with van der Waals surface area (Å²) < 4.78 is 0. The van der Waals surface area contributed by atoms with Gasteiger partial charge in [-0.2, -0.15) is 0 Å². The van der Waals surface area contributed by atoms with Gasteiger partial charge in [0.25, 0.3) is 0 Å². The highest BCUT2D eigenvalue weighted by molar-refractivity contribution is 5.35. The third-order valence-electron chi connectivity index (χ3n) is 4.41. The van der Waals surface area contributed by atoms with E-state index in [-0.39, 0.29) is 0 Å². The molecule has 1 nitrogen and oxygen atoms in total. The Kier molecular flexibility index (Phi) is 4.22. The fraction of sp³-hybridized carbons (Fsp3) is 0.625. The number of nitrogens with one attached hydrogen (secondary N) is 1. The van der Waals surface area contributed by atoms with Crippen LogP contribution >= 0.6 is 0 Å². The number of benzene rings is 1. The molecule has 0 radical (unpaired) electrons. The zero-order valence-corrected chi connectivity index (χ0v) is 11.4. The molecule has 1 aromatic rings. The van der Waals surface area contributed by atoms with Crippen LogP contribution in [0.1, 0.15) is 54.8 Å². The van der Waals surface area contributed by atoms with Gasteiger partial charge in [-0.05, 0) is 56.3 Å². The van der Waals surface area contributed by atoms with Crippen LogP contribution < -0.4 is 5.32 Å². The van der Waals surface area contributed by atoms with Crippen LogP contribution in [-0.2, 0) is 0 Å². The Hall–Kier alpha value is -0.820. The number of hydrogen-bond donors (Lipinski definition) is 1. The normalized spacial score (nSPS) is 19.2. The highest BCUT2D eigenvalue weighted by Crippen LogP contribution is 2.35. The second-order valence-electron chi connectivity index (χ2n) is 5.45. The van der Waals surface area contributed by atoms with Crippen LogP contribution in [-0.4, -0.2) is 7.05 Å². The molecule has 1 heteroatoms. The zero-order valence-electron chi connectivity index (χ0n) is 11.4. The molecule has 0 heterocycles. The van der Waals surface area contributed by atoms with Gasteiger partial charge in [0, 0.05) is 6.04 Å². The molecule has 1 unspecified atom stereocenters. The van der Waals surface area contributed by atoms with Gasteiger partial charge in [0.15, 0.2) is 0 Å². The summed E-state index contributed by atoms with van der Waals surface area (Å²) in [4.78, 5) is 0. The van der Waals surface area contributed by atoms with Crippen molar-refractivity contribution in [2.75, 3.05) is 7.05 Å². The quantitative estimate of drug-likeness (QED) is 0.824. The molecule has 17 heavy (non-hydrogen) atoms. The van der Waals surface area contributed by atoms with Crippen molar-refractivity contribution in [3.8, 4) is 0 Å². The van der Waals surface area contributed by atoms with Gasteiger partial charge in [0.05, 0.1) is 0 Å². The first-order valence-electron chi connectivity index (χ1n) is 6.97. The van der Waals surface area contributed by atoms with Crippen molar-refractivity contribution < 1.29 is 0 Å². The molecule has 0 aliphatic heterocycles. The van der Waals surface area contributed by atoms with E-state index in [0.29, 0.717) is 6.04 Å². The van der Waals surface area contributed by atoms with Gasteiger partial charge in [0.2, 0.25) is 0 Å². The van der Waals surface area contributed by atoms with Gasteiger partial charge in [-0.25, -0.2) is 0 Å². The fourth-order valence-electron chi connectivity index (χ4n) is 3.22. The van der Waals surface area contributed by atoms with Crippen molar-refractivity contribution >= 4 is 0 Å². The molecule has 0 bridgehead atoms. The average Bonchev–Trinajstić information content (AvgIpc) is 2.37. The van der Waals surface area contributed by atoms with E-state index in [1.54, 1.807) is 0 Å². The maximum absolute atomic E-state index is 3.56. The first-order chi connectivity index (χ1) is 8.24. The molecule has 2 rings (SSSR count). The Morgan fingerprint density at radius 2 is 1.82 bits per heavy atom. The van der Waals surface area contributed by atoms with Crippen LogP contribution in [0.25, 0.3) is 0 Å². The molecule has 0 spiro atoms. The van der Waals surface area contributed by atoms with E-state index < -0.39 is 0 Å². The van der Waals surface area contributed by atoms with Crippen LogP contribution in [0.4, 0.5) is 0 Å². The minimum absolute atomic E-state index is 0.551. The number of hydrogen-bond acceptors (Lipinski definition) is 1. The third-order valence-corrected chi connectivity index (χ3v) is 4.41. The molecule has 1 N–H and O–H groups in total. The van der Waals surface area contributed by atoms with E-state index in [9.17, 15) is 0 Å². The summed E-state index contributed by atoms with van der Waals surface area (Å²) in [5.41, 5.74) is 4.40. The molecule has 1 atom stereocenters. The van der Waals surface area contributed by atoms with Crippen LogP contribution in [0.15, 0.2) is 18.2 Å². The number of aryl methyl sites for hydroxylation is 1. The molecule has 1 saturated carbocycles. The van der Waals surface area contributed by atoms with E-state index in [4.69, 9.17) is 0 Å². The Bertz CT molecular complexity index is 364. The van der Waals surface area contributed by atoms with Gasteiger partial charge in [0.1, 0.15) is 0 Å². The first kappa shape index (κ1) is 12.6. The van der Waals surface area contributed by atoms with Crippen molar-refractivity contribution in [3.05, 3.63) is 34.9 Å². The lowest BCUT2D eigenvalue weighted by molar-refractivity contribution is 0.281. The fourth-order valence-corrected chi connectivity index (χ4v) is 3.22. The summed E-state index contributed by atoms with van der Waals surface area (Å²) in [5, 5.41) is 3.56. The maximum Gasteiger partial charge on any atom is 0.0348 e. The lowest BCUT2D eigenvalue weighted by Gasteiger charge is -2.31. The summed E-state index contributed by atoms with van der Waals surface area (Å²) in [6.07, 6.45) is 7.03. The maximum atomic E-state index is 3.56. The van der Waals surface area contributed by atoms with E-state index in [2.05, 4.69) is 44.4 Å². The van der Waals surface area contributed by atoms with Gasteiger partial charge in [-0.1, -0.05) is 37.5 Å². The summed E-state index contributed by atoms with van der Waals surface area (Å²) in [5.74, 6) is 0.828. The Balaban J connectivity index is 2.24. The van der Waals surface area contributed by atoms with Crippen LogP contribution in [0.3, 0.4) is 0 Å². The predicted octanol–water partition coefficient (Wildman–Crippen LogP) is 4.14. The Morgan fingerprint density at radius 3 is 2.47 bits per heavy atom. The molecular formula is C16H25N. The average molecular weight is 231 g/mol.